The zero-order chi connectivity index (χ0) is 27.3. The summed E-state index contributed by atoms with van der Waals surface area (Å²) in [6.07, 6.45) is 3.40. The van der Waals surface area contributed by atoms with Gasteiger partial charge in [0.2, 0.25) is 6.79 Å². The lowest BCUT2D eigenvalue weighted by atomic mass is 10.1. The summed E-state index contributed by atoms with van der Waals surface area (Å²) in [5.74, 6) is 2.00. The van der Waals surface area contributed by atoms with Gasteiger partial charge in [0.15, 0.2) is 11.5 Å². The molecule has 202 valence electrons. The predicted octanol–water partition coefficient (Wildman–Crippen LogP) is 3.66. The number of piperazine rings is 1. The van der Waals surface area contributed by atoms with Gasteiger partial charge in [-0.15, -0.1) is 0 Å². The molecule has 0 aliphatic carbocycles. The van der Waals surface area contributed by atoms with Crippen molar-refractivity contribution in [2.45, 2.75) is 33.4 Å². The van der Waals surface area contributed by atoms with Crippen LogP contribution in [0.2, 0.25) is 0 Å². The summed E-state index contributed by atoms with van der Waals surface area (Å²) in [4.78, 5) is 38.5. The zero-order valence-corrected chi connectivity index (χ0v) is 23.7. The van der Waals surface area contributed by atoms with Crippen molar-refractivity contribution in [2.24, 2.45) is 0 Å². The first-order valence-corrected chi connectivity index (χ1v) is 14.2. The third-order valence-electron chi connectivity index (χ3n) is 7.19. The topological polar surface area (TPSA) is 79.6 Å². The van der Waals surface area contributed by atoms with Crippen LogP contribution in [0.1, 0.15) is 30.5 Å². The molecule has 9 nitrogen and oxygen atoms in total. The fourth-order valence-corrected chi connectivity index (χ4v) is 6.64. The number of rotatable bonds is 5. The molecule has 6 rings (SSSR count). The van der Waals surface area contributed by atoms with Gasteiger partial charge in [-0.3, -0.25) is 23.8 Å². The average molecular weight is 564 g/mol. The highest BCUT2D eigenvalue weighted by Crippen LogP contribution is 2.35. The van der Waals surface area contributed by atoms with Crippen LogP contribution in [0.4, 0.5) is 5.82 Å². The van der Waals surface area contributed by atoms with E-state index in [-0.39, 0.29) is 24.3 Å². The van der Waals surface area contributed by atoms with Gasteiger partial charge in [0, 0.05) is 45.0 Å². The molecule has 2 saturated heterocycles. The maximum atomic E-state index is 13.8. The van der Waals surface area contributed by atoms with Gasteiger partial charge in [-0.1, -0.05) is 36.1 Å². The van der Waals surface area contributed by atoms with Gasteiger partial charge in [0.05, 0.1) is 10.5 Å². The van der Waals surface area contributed by atoms with Crippen LogP contribution >= 0.6 is 24.0 Å². The molecule has 0 bridgehead atoms. The quantitative estimate of drug-likeness (QED) is 0.341. The second-order valence-corrected chi connectivity index (χ2v) is 11.8. The van der Waals surface area contributed by atoms with Crippen molar-refractivity contribution in [3.8, 4) is 11.5 Å². The van der Waals surface area contributed by atoms with E-state index >= 15 is 0 Å². The van der Waals surface area contributed by atoms with Crippen LogP contribution < -0.4 is 19.9 Å². The van der Waals surface area contributed by atoms with E-state index in [1.165, 1.54) is 17.3 Å². The molecule has 39 heavy (non-hydrogen) atoms. The Balaban J connectivity index is 1.30. The molecule has 2 aromatic heterocycles. The monoisotopic (exact) mass is 563 g/mol. The van der Waals surface area contributed by atoms with Crippen molar-refractivity contribution >= 4 is 51.7 Å². The summed E-state index contributed by atoms with van der Waals surface area (Å²) < 4.78 is 13.0. The van der Waals surface area contributed by atoms with Crippen molar-refractivity contribution in [3.63, 3.8) is 0 Å². The number of hydrogen-bond donors (Lipinski definition) is 0. The van der Waals surface area contributed by atoms with E-state index in [2.05, 4.69) is 15.9 Å². The maximum Gasteiger partial charge on any atom is 0.267 e. The molecule has 0 saturated carbocycles. The molecule has 0 atom stereocenters. The van der Waals surface area contributed by atoms with Crippen molar-refractivity contribution in [1.82, 2.24) is 19.2 Å². The van der Waals surface area contributed by atoms with Crippen LogP contribution in [-0.4, -0.2) is 68.4 Å². The minimum Gasteiger partial charge on any atom is -0.454 e. The average Bonchev–Trinajstić information content (AvgIpc) is 3.49. The molecule has 3 aliphatic rings. The number of pyridine rings is 1. The number of carbonyl (C=O) groups is 1. The number of fused-ring (bicyclic) bond motifs is 2. The maximum absolute atomic E-state index is 13.8. The fraction of sp³-hybridized carbons (Fsp3) is 0.357. The minimum atomic E-state index is -0.198. The summed E-state index contributed by atoms with van der Waals surface area (Å²) in [6, 6.07) is 9.79. The van der Waals surface area contributed by atoms with Crippen LogP contribution in [0.5, 0.6) is 11.5 Å². The molecule has 3 aliphatic heterocycles. The summed E-state index contributed by atoms with van der Waals surface area (Å²) in [5.41, 5.74) is 2.91. The van der Waals surface area contributed by atoms with Crippen LogP contribution in [0.25, 0.3) is 11.7 Å². The second kappa shape index (κ2) is 10.3. The first-order chi connectivity index (χ1) is 18.8. The summed E-state index contributed by atoms with van der Waals surface area (Å²) in [7, 11) is 0. The number of thioether (sulfide) groups is 1. The highest BCUT2D eigenvalue weighted by atomic mass is 32.2. The van der Waals surface area contributed by atoms with E-state index in [0.717, 1.165) is 36.7 Å². The van der Waals surface area contributed by atoms with Crippen molar-refractivity contribution in [1.29, 1.82) is 0 Å². The van der Waals surface area contributed by atoms with E-state index in [4.69, 9.17) is 26.7 Å². The Morgan fingerprint density at radius 3 is 2.62 bits per heavy atom. The van der Waals surface area contributed by atoms with Gasteiger partial charge < -0.3 is 14.4 Å². The van der Waals surface area contributed by atoms with E-state index in [1.54, 1.807) is 21.6 Å². The summed E-state index contributed by atoms with van der Waals surface area (Å²) in [5, 5.41) is 0. The van der Waals surface area contributed by atoms with Crippen molar-refractivity contribution in [2.75, 3.05) is 37.9 Å². The highest BCUT2D eigenvalue weighted by Gasteiger charge is 2.35. The van der Waals surface area contributed by atoms with E-state index in [9.17, 15) is 9.59 Å². The van der Waals surface area contributed by atoms with Gasteiger partial charge >= 0.3 is 0 Å². The largest absolute Gasteiger partial charge is 0.454 e. The molecular formula is C28H29N5O4S2. The molecule has 2 fully saturated rings. The van der Waals surface area contributed by atoms with Crippen LogP contribution in [0, 0.1) is 6.92 Å². The second-order valence-electron chi connectivity index (χ2n) is 10.1. The number of thiocarbonyl (C=S) groups is 1. The van der Waals surface area contributed by atoms with Crippen molar-refractivity contribution in [3.05, 3.63) is 68.5 Å². The number of aryl methyl sites for hydroxylation is 1. The lowest BCUT2D eigenvalue weighted by Gasteiger charge is -2.36. The van der Waals surface area contributed by atoms with Crippen LogP contribution in [0.3, 0.4) is 0 Å². The number of nitrogens with zero attached hydrogens (tertiary/aromatic N) is 5. The summed E-state index contributed by atoms with van der Waals surface area (Å²) in [6.45, 7) is 9.87. The predicted molar refractivity (Wildman–Crippen MR) is 156 cm³/mol. The third kappa shape index (κ3) is 4.79. The Hall–Kier alpha value is -3.41. The number of aromatic nitrogens is 2. The number of carbonyl (C=O) groups excluding carboxylic acids is 1. The normalized spacial score (nSPS) is 18.8. The molecule has 0 N–H and O–H groups in total. The molecule has 5 heterocycles. The van der Waals surface area contributed by atoms with E-state index in [0.29, 0.717) is 39.3 Å². The van der Waals surface area contributed by atoms with Gasteiger partial charge in [0.1, 0.15) is 15.8 Å². The molecule has 3 aromatic rings. The number of ether oxygens (including phenoxy) is 2. The SMILES string of the molecule is Cc1cccn2c(=O)c(/C=C3\SC(=S)N(C(C)C)C3=O)c(N3CCN(Cc4ccc5c(c4)OCO5)CC3)nc12. The number of anilines is 1. The number of hydrogen-bond acceptors (Lipinski definition) is 9. The van der Waals surface area contributed by atoms with Gasteiger partial charge in [-0.25, -0.2) is 4.98 Å². The third-order valence-corrected chi connectivity index (χ3v) is 8.52. The van der Waals surface area contributed by atoms with Crippen LogP contribution in [0.15, 0.2) is 46.2 Å². The van der Waals surface area contributed by atoms with Gasteiger partial charge in [-0.2, -0.15) is 0 Å². The molecule has 1 aromatic carbocycles. The Morgan fingerprint density at radius 1 is 1.10 bits per heavy atom. The molecule has 1 amide bonds. The first-order valence-electron chi connectivity index (χ1n) is 12.9. The Bertz CT molecular complexity index is 1580. The first kappa shape index (κ1) is 25.8. The van der Waals surface area contributed by atoms with E-state index < -0.39 is 0 Å². The fourth-order valence-electron chi connectivity index (χ4n) is 5.14. The zero-order valence-electron chi connectivity index (χ0n) is 22.0. The standard InChI is InChI=1S/C28H29N5O4S2/c1-17(2)33-27(35)23(39-28(33)38)14-20-25(29-24-18(3)5-4-8-32(24)26(20)34)31-11-9-30(10-12-31)15-19-6-7-21-22(13-19)37-16-36-21/h4-8,13-14,17H,9-12,15-16H2,1-3H3/b23-14-. The molecule has 0 unspecified atom stereocenters. The molecule has 0 radical (unpaired) electrons. The Morgan fingerprint density at radius 2 is 1.87 bits per heavy atom. The lowest BCUT2D eigenvalue weighted by molar-refractivity contribution is -0.123. The minimum absolute atomic E-state index is 0.0563. The van der Waals surface area contributed by atoms with Crippen LogP contribution in [-0.2, 0) is 11.3 Å². The molecular weight excluding hydrogens is 534 g/mol. The Kier molecular flexibility index (Phi) is 6.82. The molecule has 11 heteroatoms. The van der Waals surface area contributed by atoms with Crippen molar-refractivity contribution < 1.29 is 14.3 Å². The smallest absolute Gasteiger partial charge is 0.267 e. The van der Waals surface area contributed by atoms with E-state index in [1.807, 2.05) is 45.0 Å². The molecule has 0 spiro atoms. The highest BCUT2D eigenvalue weighted by molar-refractivity contribution is 8.26. The number of amides is 1. The van der Waals surface area contributed by atoms with Gasteiger partial charge in [-0.05, 0) is 56.2 Å². The number of benzene rings is 1. The summed E-state index contributed by atoms with van der Waals surface area (Å²) >= 11 is 6.70. The Labute approximate surface area is 236 Å². The lowest BCUT2D eigenvalue weighted by Crippen LogP contribution is -2.47. The van der Waals surface area contributed by atoms with Gasteiger partial charge in [0.25, 0.3) is 11.5 Å².